The van der Waals surface area contributed by atoms with Crippen LogP contribution in [-0.4, -0.2) is 40.2 Å². The molecule has 7 nitrogen and oxygen atoms in total. The summed E-state index contributed by atoms with van der Waals surface area (Å²) in [5, 5.41) is 17.6. The van der Waals surface area contributed by atoms with Crippen LogP contribution in [0.25, 0.3) is 0 Å². The second kappa shape index (κ2) is 9.52. The van der Waals surface area contributed by atoms with E-state index in [9.17, 15) is 10.1 Å². The number of benzene rings is 1. The van der Waals surface area contributed by atoms with Crippen molar-refractivity contribution in [2.24, 2.45) is 17.6 Å². The van der Waals surface area contributed by atoms with Gasteiger partial charge in [-0.1, -0.05) is 24.0 Å². The van der Waals surface area contributed by atoms with Crippen LogP contribution in [0.2, 0.25) is 0 Å². The highest BCUT2D eigenvalue weighted by molar-refractivity contribution is 5.97. The number of nitrogens with two attached hydrogens (primary N) is 1. The number of anilines is 1. The van der Waals surface area contributed by atoms with E-state index in [1.807, 2.05) is 4.68 Å². The van der Waals surface area contributed by atoms with Crippen LogP contribution >= 0.6 is 0 Å². The third kappa shape index (κ3) is 5.26. The van der Waals surface area contributed by atoms with E-state index in [-0.39, 0.29) is 0 Å². The first-order valence-corrected chi connectivity index (χ1v) is 12.4. The van der Waals surface area contributed by atoms with Crippen LogP contribution in [0.5, 0.6) is 0 Å². The highest BCUT2D eigenvalue weighted by atomic mass is 16.1. The maximum absolute atomic E-state index is 12.0. The Hall–Kier alpha value is -3.29. The number of carbonyl (C=O) groups is 1. The molecule has 1 aromatic carbocycles. The molecule has 2 aliphatic carbocycles. The van der Waals surface area contributed by atoms with Crippen molar-refractivity contribution in [3.8, 4) is 17.9 Å². The summed E-state index contributed by atoms with van der Waals surface area (Å²) in [6.45, 7) is 3.41. The zero-order valence-corrected chi connectivity index (χ0v) is 19.6. The molecule has 1 aromatic heterocycles. The molecule has 0 bridgehead atoms. The number of rotatable bonds is 8. The third-order valence-corrected chi connectivity index (χ3v) is 7.27. The number of hydrogen-bond acceptors (Lipinski definition) is 5. The summed E-state index contributed by atoms with van der Waals surface area (Å²) in [6, 6.07) is 10.9. The van der Waals surface area contributed by atoms with E-state index in [1.54, 1.807) is 6.20 Å². The van der Waals surface area contributed by atoms with E-state index in [2.05, 4.69) is 52.4 Å². The average molecular weight is 457 g/mol. The van der Waals surface area contributed by atoms with Crippen molar-refractivity contribution in [3.05, 3.63) is 47.2 Å². The Balaban J connectivity index is 1.24. The second-order valence-electron chi connectivity index (χ2n) is 10.1. The zero-order chi connectivity index (χ0) is 23.5. The van der Waals surface area contributed by atoms with Crippen LogP contribution < -0.4 is 11.1 Å². The minimum Gasteiger partial charge on any atom is -0.368 e. The van der Waals surface area contributed by atoms with Crippen LogP contribution in [0.15, 0.2) is 30.5 Å². The van der Waals surface area contributed by atoms with Crippen LogP contribution in [0.1, 0.15) is 66.4 Å². The molecule has 1 amide bonds. The Morgan fingerprint density at radius 2 is 1.91 bits per heavy atom. The minimum absolute atomic E-state index is 0.358. The summed E-state index contributed by atoms with van der Waals surface area (Å²) >= 11 is 0. The number of piperidine rings is 1. The highest BCUT2D eigenvalue weighted by Gasteiger charge is 2.38. The van der Waals surface area contributed by atoms with Gasteiger partial charge in [0.2, 0.25) is 0 Å². The summed E-state index contributed by atoms with van der Waals surface area (Å²) in [5.74, 6) is 7.91. The molecule has 3 N–H and O–H groups in total. The molecular formula is C27H32N6O. The summed E-state index contributed by atoms with van der Waals surface area (Å²) < 4.78 is 1.84. The molecule has 3 aliphatic rings. The third-order valence-electron chi connectivity index (χ3n) is 7.27. The van der Waals surface area contributed by atoms with E-state index in [1.165, 1.54) is 31.2 Å². The monoisotopic (exact) mass is 456 g/mol. The van der Waals surface area contributed by atoms with Gasteiger partial charge in [-0.05, 0) is 62.1 Å². The van der Waals surface area contributed by atoms with Crippen LogP contribution in [0.4, 0.5) is 5.82 Å². The van der Waals surface area contributed by atoms with Gasteiger partial charge in [-0.25, -0.2) is 0 Å². The first-order valence-electron chi connectivity index (χ1n) is 12.4. The highest BCUT2D eigenvalue weighted by Crippen LogP contribution is 2.35. The van der Waals surface area contributed by atoms with Crippen molar-refractivity contribution < 1.29 is 4.79 Å². The van der Waals surface area contributed by atoms with Gasteiger partial charge in [0.15, 0.2) is 5.82 Å². The van der Waals surface area contributed by atoms with E-state index < -0.39 is 11.4 Å². The molecule has 2 saturated carbocycles. The molecule has 1 saturated heterocycles. The Bertz CT molecular complexity index is 1130. The maximum atomic E-state index is 12.0. The molecule has 1 aliphatic heterocycles. The number of likely N-dealkylation sites (tertiary alicyclic amines) is 1. The molecule has 0 radical (unpaired) electrons. The molecule has 0 atom stereocenters. The summed E-state index contributed by atoms with van der Waals surface area (Å²) in [6.07, 6.45) is 8.61. The molecule has 2 aromatic rings. The van der Waals surface area contributed by atoms with Crippen molar-refractivity contribution in [1.82, 2.24) is 14.7 Å². The van der Waals surface area contributed by atoms with Crippen LogP contribution in [0.3, 0.4) is 0 Å². The smallest absolute Gasteiger partial charge is 0.254 e. The van der Waals surface area contributed by atoms with Gasteiger partial charge < -0.3 is 11.1 Å². The Labute approximate surface area is 201 Å². The van der Waals surface area contributed by atoms with Crippen molar-refractivity contribution in [2.75, 3.05) is 25.0 Å². The number of nitrogens with one attached hydrogen (secondary N) is 1. The van der Waals surface area contributed by atoms with Crippen molar-refractivity contribution in [3.63, 3.8) is 0 Å². The van der Waals surface area contributed by atoms with Gasteiger partial charge >= 0.3 is 0 Å². The Morgan fingerprint density at radius 3 is 2.53 bits per heavy atom. The van der Waals surface area contributed by atoms with E-state index in [0.717, 1.165) is 44.6 Å². The molecule has 7 heteroatoms. The summed E-state index contributed by atoms with van der Waals surface area (Å²) in [5.41, 5.74) is 7.98. The fourth-order valence-corrected chi connectivity index (χ4v) is 4.62. The van der Waals surface area contributed by atoms with Crippen molar-refractivity contribution in [1.29, 1.82) is 5.26 Å². The molecule has 0 spiro atoms. The largest absolute Gasteiger partial charge is 0.368 e. The van der Waals surface area contributed by atoms with Crippen LogP contribution in [-0.2, 0) is 12.1 Å². The number of amides is 1. The quantitative estimate of drug-likeness (QED) is 0.593. The van der Waals surface area contributed by atoms with Gasteiger partial charge in [0.25, 0.3) is 5.91 Å². The van der Waals surface area contributed by atoms with Gasteiger partial charge in [0.1, 0.15) is 5.56 Å². The topological polar surface area (TPSA) is 100.0 Å². The van der Waals surface area contributed by atoms with Gasteiger partial charge in [0.05, 0.1) is 18.0 Å². The Morgan fingerprint density at radius 1 is 1.18 bits per heavy atom. The lowest BCUT2D eigenvalue weighted by molar-refractivity contribution is 0.0967. The normalized spacial score (nSPS) is 19.6. The molecular weight excluding hydrogens is 424 g/mol. The number of carbonyl (C=O) groups excluding carboxylic acids is 1. The number of primary amides is 1. The minimum atomic E-state index is -0.487. The van der Waals surface area contributed by atoms with Gasteiger partial charge in [-0.3, -0.25) is 14.4 Å². The Kier molecular flexibility index (Phi) is 6.30. The fraction of sp³-hybridized carbons (Fsp3) is 0.519. The SMILES string of the molecule is N#CCC1(n2cc(C(N)=O)c(NCC3CC3)n2)CCN(Cc2ccc(C#CC3CC3)cc2)CC1. The number of nitrogens with zero attached hydrogens (tertiary/aromatic N) is 4. The summed E-state index contributed by atoms with van der Waals surface area (Å²) in [4.78, 5) is 14.5. The van der Waals surface area contributed by atoms with E-state index in [4.69, 9.17) is 10.8 Å². The first kappa shape index (κ1) is 22.5. The number of hydrogen-bond donors (Lipinski definition) is 2. The predicted octanol–water partition coefficient (Wildman–Crippen LogP) is 3.47. The average Bonchev–Trinajstić information content (AvgIpc) is 3.78. The molecule has 5 rings (SSSR count). The van der Waals surface area contributed by atoms with Gasteiger partial charge in [-0.2, -0.15) is 10.4 Å². The van der Waals surface area contributed by atoms with Crippen LogP contribution in [0, 0.1) is 35.0 Å². The van der Waals surface area contributed by atoms with Gasteiger partial charge in [-0.15, -0.1) is 0 Å². The van der Waals surface area contributed by atoms with Crippen molar-refractivity contribution in [2.45, 2.75) is 57.0 Å². The lowest BCUT2D eigenvalue weighted by Crippen LogP contribution is -2.46. The number of nitriles is 1. The molecule has 176 valence electrons. The van der Waals surface area contributed by atoms with E-state index >= 15 is 0 Å². The predicted molar refractivity (Wildman–Crippen MR) is 131 cm³/mol. The lowest BCUT2D eigenvalue weighted by atomic mass is 9.84. The molecule has 0 unspecified atom stereocenters. The van der Waals surface area contributed by atoms with Crippen molar-refractivity contribution >= 4 is 11.7 Å². The zero-order valence-electron chi connectivity index (χ0n) is 19.6. The second-order valence-corrected chi connectivity index (χ2v) is 10.1. The van der Waals surface area contributed by atoms with E-state index in [0.29, 0.717) is 29.6 Å². The molecule has 2 heterocycles. The standard InChI is InChI=1S/C27H32N6O/c28-14-11-27(33-19-24(25(29)34)26(31-33)30-17-22-7-8-22)12-15-32(16-13-27)18-23-9-5-21(6-10-23)4-3-20-1-2-20/h5-6,9-10,19-20,22H,1-2,7-8,11-13,15-18H2,(H2,29,34)(H,30,31). The lowest BCUT2D eigenvalue weighted by Gasteiger charge is -2.40. The fourth-order valence-electron chi connectivity index (χ4n) is 4.62. The van der Waals surface area contributed by atoms with Gasteiger partial charge in [0, 0.05) is 43.9 Å². The molecule has 34 heavy (non-hydrogen) atoms. The molecule has 3 fully saturated rings. The first-order chi connectivity index (χ1) is 16.5. The summed E-state index contributed by atoms with van der Waals surface area (Å²) in [7, 11) is 0. The number of aromatic nitrogens is 2. The maximum Gasteiger partial charge on any atom is 0.254 e.